The second kappa shape index (κ2) is 5.62. The van der Waals surface area contributed by atoms with Crippen molar-refractivity contribution in [1.29, 1.82) is 0 Å². The topological polar surface area (TPSA) is 54.5 Å². The summed E-state index contributed by atoms with van der Waals surface area (Å²) in [4.78, 5) is 15.1. The standard InChI is InChI=1S/C18H23NO3S/c20-18(13-5-4-6-13)19-14-9-10-15(19)12-17(11-14)23(21,22)16-7-2-1-3-8-16/h1-3,7-8,13-15,17H,4-6,9-12H2/t14-,15-/m1/s1. The predicted octanol–water partition coefficient (Wildman–Crippen LogP) is 2.78. The van der Waals surface area contributed by atoms with Gasteiger partial charge in [-0.25, -0.2) is 8.42 Å². The molecule has 0 radical (unpaired) electrons. The predicted molar refractivity (Wildman–Crippen MR) is 87.6 cm³/mol. The number of nitrogens with zero attached hydrogens (tertiary/aromatic N) is 1. The van der Waals surface area contributed by atoms with Crippen LogP contribution in [0.3, 0.4) is 0 Å². The highest BCUT2D eigenvalue weighted by molar-refractivity contribution is 7.92. The molecule has 1 aromatic rings. The molecule has 5 heteroatoms. The molecule has 3 aliphatic rings. The average Bonchev–Trinajstić information content (AvgIpc) is 2.76. The molecule has 0 unspecified atom stereocenters. The molecule has 1 aromatic carbocycles. The molecule has 1 saturated carbocycles. The first kappa shape index (κ1) is 15.2. The van der Waals surface area contributed by atoms with E-state index in [0.717, 1.165) is 32.1 Å². The van der Waals surface area contributed by atoms with E-state index < -0.39 is 9.84 Å². The molecule has 4 nitrogen and oxygen atoms in total. The van der Waals surface area contributed by atoms with Gasteiger partial charge >= 0.3 is 0 Å². The Morgan fingerprint density at radius 1 is 0.957 bits per heavy atom. The first-order valence-electron chi connectivity index (χ1n) is 8.68. The smallest absolute Gasteiger partial charge is 0.226 e. The molecule has 2 bridgehead atoms. The lowest BCUT2D eigenvalue weighted by Crippen LogP contribution is -2.52. The van der Waals surface area contributed by atoms with Crippen molar-refractivity contribution < 1.29 is 13.2 Å². The highest BCUT2D eigenvalue weighted by Gasteiger charge is 2.48. The van der Waals surface area contributed by atoms with Gasteiger partial charge < -0.3 is 4.90 Å². The lowest BCUT2D eigenvalue weighted by atomic mass is 9.83. The second-order valence-corrected chi connectivity index (χ2v) is 9.44. The highest BCUT2D eigenvalue weighted by Crippen LogP contribution is 2.42. The summed E-state index contributed by atoms with van der Waals surface area (Å²) in [6.45, 7) is 0. The van der Waals surface area contributed by atoms with E-state index in [1.165, 1.54) is 0 Å². The molecule has 23 heavy (non-hydrogen) atoms. The van der Waals surface area contributed by atoms with Crippen LogP contribution in [-0.4, -0.2) is 36.6 Å². The number of piperidine rings is 1. The van der Waals surface area contributed by atoms with E-state index in [9.17, 15) is 13.2 Å². The zero-order chi connectivity index (χ0) is 16.0. The molecule has 4 rings (SSSR count). The van der Waals surface area contributed by atoms with Crippen molar-refractivity contribution in [2.75, 3.05) is 0 Å². The highest BCUT2D eigenvalue weighted by atomic mass is 32.2. The van der Waals surface area contributed by atoms with Gasteiger partial charge in [0.25, 0.3) is 0 Å². The van der Waals surface area contributed by atoms with Gasteiger partial charge in [0.1, 0.15) is 0 Å². The number of hydrogen-bond acceptors (Lipinski definition) is 3. The molecule has 2 saturated heterocycles. The number of sulfone groups is 1. The minimum atomic E-state index is -3.29. The van der Waals surface area contributed by atoms with Crippen molar-refractivity contribution in [3.8, 4) is 0 Å². The molecule has 2 atom stereocenters. The molecule has 2 heterocycles. The van der Waals surface area contributed by atoms with Crippen LogP contribution in [-0.2, 0) is 14.6 Å². The van der Waals surface area contributed by atoms with Gasteiger partial charge in [-0.05, 0) is 50.7 Å². The lowest BCUT2D eigenvalue weighted by Gasteiger charge is -2.41. The molecule has 0 aromatic heterocycles. The van der Waals surface area contributed by atoms with Gasteiger partial charge in [0, 0.05) is 18.0 Å². The largest absolute Gasteiger partial charge is 0.336 e. The Morgan fingerprint density at radius 2 is 1.57 bits per heavy atom. The molecule has 124 valence electrons. The van der Waals surface area contributed by atoms with Gasteiger partial charge in [0.2, 0.25) is 5.91 Å². The summed E-state index contributed by atoms with van der Waals surface area (Å²) in [5, 5.41) is -0.340. The SMILES string of the molecule is O=C(C1CCC1)N1[C@@H]2CC[C@@H]1CC(S(=O)(=O)c1ccccc1)C2. The lowest BCUT2D eigenvalue weighted by molar-refractivity contribution is -0.142. The van der Waals surface area contributed by atoms with Crippen LogP contribution in [0.1, 0.15) is 44.9 Å². The summed E-state index contributed by atoms with van der Waals surface area (Å²) >= 11 is 0. The molecular weight excluding hydrogens is 310 g/mol. The zero-order valence-electron chi connectivity index (χ0n) is 13.2. The van der Waals surface area contributed by atoms with E-state index in [1.54, 1.807) is 24.3 Å². The van der Waals surface area contributed by atoms with Gasteiger partial charge in [-0.15, -0.1) is 0 Å². The Bertz CT molecular complexity index is 682. The maximum Gasteiger partial charge on any atom is 0.226 e. The van der Waals surface area contributed by atoms with Crippen LogP contribution < -0.4 is 0 Å². The van der Waals surface area contributed by atoms with Gasteiger partial charge in [-0.1, -0.05) is 24.6 Å². The fourth-order valence-corrected chi connectivity index (χ4v) is 6.28. The molecule has 1 amide bonds. The maximum atomic E-state index is 12.9. The Morgan fingerprint density at radius 3 is 2.09 bits per heavy atom. The monoisotopic (exact) mass is 333 g/mol. The number of rotatable bonds is 3. The van der Waals surface area contributed by atoms with E-state index in [-0.39, 0.29) is 23.3 Å². The minimum absolute atomic E-state index is 0.130. The van der Waals surface area contributed by atoms with E-state index in [1.807, 2.05) is 6.07 Å². The van der Waals surface area contributed by atoms with Crippen LogP contribution in [0.25, 0.3) is 0 Å². The number of carbonyl (C=O) groups excluding carboxylic acids is 1. The minimum Gasteiger partial charge on any atom is -0.336 e. The first-order chi connectivity index (χ1) is 11.1. The third kappa shape index (κ3) is 2.49. The quantitative estimate of drug-likeness (QED) is 0.855. The van der Waals surface area contributed by atoms with Crippen molar-refractivity contribution in [3.63, 3.8) is 0 Å². The third-order valence-corrected chi connectivity index (χ3v) is 8.10. The maximum absolute atomic E-state index is 12.9. The van der Waals surface area contributed by atoms with Gasteiger partial charge in [-0.3, -0.25) is 4.79 Å². The summed E-state index contributed by atoms with van der Waals surface area (Å²) in [7, 11) is -3.29. The number of amides is 1. The van der Waals surface area contributed by atoms with E-state index >= 15 is 0 Å². The second-order valence-electron chi connectivity index (χ2n) is 7.21. The molecule has 1 aliphatic carbocycles. The number of benzene rings is 1. The molecule has 3 fully saturated rings. The van der Waals surface area contributed by atoms with Gasteiger partial charge in [0.15, 0.2) is 9.84 Å². The van der Waals surface area contributed by atoms with Crippen molar-refractivity contribution in [1.82, 2.24) is 4.90 Å². The molecule has 0 N–H and O–H groups in total. The fraction of sp³-hybridized carbons (Fsp3) is 0.611. The Balaban J connectivity index is 1.54. The van der Waals surface area contributed by atoms with Crippen LogP contribution >= 0.6 is 0 Å². The molecular formula is C18H23NO3S. The summed E-state index contributed by atoms with van der Waals surface area (Å²) in [6.07, 6.45) is 6.32. The van der Waals surface area contributed by atoms with Crippen molar-refractivity contribution in [2.24, 2.45) is 5.92 Å². The van der Waals surface area contributed by atoms with Gasteiger partial charge in [0.05, 0.1) is 10.1 Å². The van der Waals surface area contributed by atoms with Crippen molar-refractivity contribution in [3.05, 3.63) is 30.3 Å². The Kier molecular flexibility index (Phi) is 3.71. The van der Waals surface area contributed by atoms with Crippen molar-refractivity contribution in [2.45, 2.75) is 67.2 Å². The Hall–Kier alpha value is -1.36. The van der Waals surface area contributed by atoms with E-state index in [0.29, 0.717) is 23.6 Å². The normalized spacial score (nSPS) is 31.0. The number of carbonyl (C=O) groups is 1. The van der Waals surface area contributed by atoms with E-state index in [2.05, 4.69) is 4.90 Å². The summed E-state index contributed by atoms with van der Waals surface area (Å²) in [5.41, 5.74) is 0. The summed E-state index contributed by atoms with van der Waals surface area (Å²) < 4.78 is 25.8. The van der Waals surface area contributed by atoms with Crippen molar-refractivity contribution >= 4 is 15.7 Å². The molecule has 0 spiro atoms. The molecule has 2 aliphatic heterocycles. The van der Waals surface area contributed by atoms with Crippen LogP contribution in [0.5, 0.6) is 0 Å². The number of hydrogen-bond donors (Lipinski definition) is 0. The zero-order valence-corrected chi connectivity index (χ0v) is 14.0. The average molecular weight is 333 g/mol. The van der Waals surface area contributed by atoms with Crippen LogP contribution in [0.2, 0.25) is 0 Å². The Labute approximate surface area is 137 Å². The van der Waals surface area contributed by atoms with E-state index in [4.69, 9.17) is 0 Å². The van der Waals surface area contributed by atoms with Gasteiger partial charge in [-0.2, -0.15) is 0 Å². The van der Waals surface area contributed by atoms with Crippen LogP contribution in [0.15, 0.2) is 35.2 Å². The third-order valence-electron chi connectivity index (χ3n) is 5.91. The first-order valence-corrected chi connectivity index (χ1v) is 10.2. The summed E-state index contributed by atoms with van der Waals surface area (Å²) in [5.74, 6) is 0.500. The van der Waals surface area contributed by atoms with Crippen LogP contribution in [0.4, 0.5) is 0 Å². The fourth-order valence-electron chi connectivity index (χ4n) is 4.41. The number of fused-ring (bicyclic) bond motifs is 2. The van der Waals surface area contributed by atoms with Crippen LogP contribution in [0, 0.1) is 5.92 Å². The summed E-state index contributed by atoms with van der Waals surface area (Å²) in [6, 6.07) is 9.01.